The maximum Gasteiger partial charge on any atom is 0.231 e. The van der Waals surface area contributed by atoms with Crippen LogP contribution in [0.1, 0.15) is 56.7 Å². The second-order valence-corrected chi connectivity index (χ2v) is 7.55. The van der Waals surface area contributed by atoms with Crippen molar-refractivity contribution in [3.8, 4) is 0 Å². The summed E-state index contributed by atoms with van der Waals surface area (Å²) in [6.45, 7) is 7.73. The van der Waals surface area contributed by atoms with E-state index in [2.05, 4.69) is 22.0 Å². The zero-order chi connectivity index (χ0) is 18.4. The van der Waals surface area contributed by atoms with E-state index < -0.39 is 0 Å². The van der Waals surface area contributed by atoms with Crippen molar-refractivity contribution < 1.29 is 14.1 Å². The lowest BCUT2D eigenvalue weighted by Crippen LogP contribution is -2.41. The summed E-state index contributed by atoms with van der Waals surface area (Å²) in [6.07, 6.45) is 5.64. The molecular formula is C19H32N4O3. The highest BCUT2D eigenvalue weighted by Gasteiger charge is 2.30. The summed E-state index contributed by atoms with van der Waals surface area (Å²) in [5.41, 5.74) is 0. The average molecular weight is 364 g/mol. The summed E-state index contributed by atoms with van der Waals surface area (Å²) in [4.78, 5) is 21.7. The van der Waals surface area contributed by atoms with Crippen molar-refractivity contribution in [2.45, 2.75) is 51.4 Å². The standard InChI is InChI=1S/C19H32N4O3/c1-3-22-10-6-15(7-11-22)13-18(24)23-9-4-5-16(14-23)19-20-17(21-26-19)8-12-25-2/h15-16H,3-14H2,1-2H3. The van der Waals surface area contributed by atoms with Gasteiger partial charge in [-0.15, -0.1) is 0 Å². The van der Waals surface area contributed by atoms with Gasteiger partial charge in [0.15, 0.2) is 5.82 Å². The lowest BCUT2D eigenvalue weighted by molar-refractivity contribution is -0.133. The molecule has 2 fully saturated rings. The summed E-state index contributed by atoms with van der Waals surface area (Å²) in [6, 6.07) is 0. The van der Waals surface area contributed by atoms with Crippen LogP contribution < -0.4 is 0 Å². The number of nitrogens with zero attached hydrogens (tertiary/aromatic N) is 4. The predicted molar refractivity (Wildman–Crippen MR) is 97.9 cm³/mol. The van der Waals surface area contributed by atoms with E-state index in [1.807, 2.05) is 4.90 Å². The topological polar surface area (TPSA) is 71.7 Å². The molecule has 0 aliphatic carbocycles. The summed E-state index contributed by atoms with van der Waals surface area (Å²) in [7, 11) is 1.66. The van der Waals surface area contributed by atoms with Gasteiger partial charge < -0.3 is 19.1 Å². The first kappa shape index (κ1) is 19.3. The number of carbonyl (C=O) groups is 1. The van der Waals surface area contributed by atoms with Crippen molar-refractivity contribution in [2.24, 2.45) is 5.92 Å². The Morgan fingerprint density at radius 2 is 2.08 bits per heavy atom. The van der Waals surface area contributed by atoms with Crippen molar-refractivity contribution in [1.29, 1.82) is 0 Å². The molecular weight excluding hydrogens is 332 g/mol. The molecule has 1 unspecified atom stereocenters. The Kier molecular flexibility index (Phi) is 7.02. The van der Waals surface area contributed by atoms with Gasteiger partial charge in [-0.25, -0.2) is 0 Å². The fourth-order valence-corrected chi connectivity index (χ4v) is 4.02. The number of likely N-dealkylation sites (tertiary alicyclic amines) is 2. The molecule has 0 saturated carbocycles. The maximum absolute atomic E-state index is 12.8. The summed E-state index contributed by atoms with van der Waals surface area (Å²) in [5, 5.41) is 4.03. The number of ether oxygens (including phenoxy) is 1. The number of methoxy groups -OCH3 is 1. The second-order valence-electron chi connectivity index (χ2n) is 7.55. The molecule has 146 valence electrons. The number of hydrogen-bond donors (Lipinski definition) is 0. The van der Waals surface area contributed by atoms with Crippen LogP contribution in [0.2, 0.25) is 0 Å². The number of aromatic nitrogens is 2. The Hall–Kier alpha value is -1.47. The van der Waals surface area contributed by atoms with Crippen LogP contribution in [0.15, 0.2) is 4.52 Å². The summed E-state index contributed by atoms with van der Waals surface area (Å²) < 4.78 is 10.5. The van der Waals surface area contributed by atoms with E-state index in [9.17, 15) is 4.79 Å². The highest BCUT2D eigenvalue weighted by Crippen LogP contribution is 2.28. The lowest BCUT2D eigenvalue weighted by atomic mass is 9.91. The maximum atomic E-state index is 12.8. The molecule has 0 radical (unpaired) electrons. The van der Waals surface area contributed by atoms with Crippen LogP contribution in [-0.4, -0.2) is 72.3 Å². The van der Waals surface area contributed by atoms with Crippen LogP contribution in [0.25, 0.3) is 0 Å². The van der Waals surface area contributed by atoms with E-state index in [1.165, 1.54) is 0 Å². The Bertz CT molecular complexity index is 569. The molecule has 0 aromatic carbocycles. The number of hydrogen-bond acceptors (Lipinski definition) is 6. The second kappa shape index (κ2) is 9.46. The summed E-state index contributed by atoms with van der Waals surface area (Å²) >= 11 is 0. The molecule has 1 amide bonds. The van der Waals surface area contributed by atoms with Gasteiger partial charge in [0.1, 0.15) is 0 Å². The van der Waals surface area contributed by atoms with Crippen LogP contribution >= 0.6 is 0 Å². The third-order valence-corrected chi connectivity index (χ3v) is 5.75. The first-order chi connectivity index (χ1) is 12.7. The fraction of sp³-hybridized carbons (Fsp3) is 0.842. The van der Waals surface area contributed by atoms with Gasteiger partial charge in [0.2, 0.25) is 11.8 Å². The Morgan fingerprint density at radius 1 is 1.27 bits per heavy atom. The average Bonchev–Trinajstić information content (AvgIpc) is 3.16. The van der Waals surface area contributed by atoms with Crippen molar-refractivity contribution in [3.63, 3.8) is 0 Å². The van der Waals surface area contributed by atoms with Crippen molar-refractivity contribution in [1.82, 2.24) is 19.9 Å². The molecule has 26 heavy (non-hydrogen) atoms. The minimum atomic E-state index is 0.165. The zero-order valence-electron chi connectivity index (χ0n) is 16.2. The minimum Gasteiger partial charge on any atom is -0.384 e. The molecule has 2 aliphatic heterocycles. The molecule has 0 spiro atoms. The molecule has 1 aromatic rings. The van der Waals surface area contributed by atoms with Gasteiger partial charge in [-0.1, -0.05) is 12.1 Å². The highest BCUT2D eigenvalue weighted by molar-refractivity contribution is 5.76. The quantitative estimate of drug-likeness (QED) is 0.738. The lowest BCUT2D eigenvalue weighted by Gasteiger charge is -2.34. The van der Waals surface area contributed by atoms with Crippen LogP contribution in [0.5, 0.6) is 0 Å². The largest absolute Gasteiger partial charge is 0.384 e. The van der Waals surface area contributed by atoms with Crippen molar-refractivity contribution in [3.05, 3.63) is 11.7 Å². The number of rotatable bonds is 7. The molecule has 2 saturated heterocycles. The molecule has 0 bridgehead atoms. The molecule has 3 heterocycles. The number of carbonyl (C=O) groups excluding carboxylic acids is 1. The first-order valence-electron chi connectivity index (χ1n) is 10.0. The fourth-order valence-electron chi connectivity index (χ4n) is 4.02. The normalized spacial score (nSPS) is 22.7. The molecule has 7 nitrogen and oxygen atoms in total. The zero-order valence-corrected chi connectivity index (χ0v) is 16.2. The predicted octanol–water partition coefficient (Wildman–Crippen LogP) is 2.09. The first-order valence-corrected chi connectivity index (χ1v) is 10.0. The summed E-state index contributed by atoms with van der Waals surface area (Å²) in [5.74, 6) is 2.36. The van der Waals surface area contributed by atoms with Gasteiger partial charge in [-0.2, -0.15) is 4.98 Å². The van der Waals surface area contributed by atoms with Gasteiger partial charge in [0.25, 0.3) is 0 Å². The van der Waals surface area contributed by atoms with E-state index >= 15 is 0 Å². The van der Waals surface area contributed by atoms with Gasteiger partial charge in [0.05, 0.1) is 12.5 Å². The smallest absolute Gasteiger partial charge is 0.231 e. The van der Waals surface area contributed by atoms with E-state index in [0.717, 1.165) is 51.9 Å². The van der Waals surface area contributed by atoms with Crippen molar-refractivity contribution in [2.75, 3.05) is 46.4 Å². The van der Waals surface area contributed by atoms with E-state index in [0.29, 0.717) is 49.5 Å². The third-order valence-electron chi connectivity index (χ3n) is 5.75. The molecule has 3 rings (SSSR count). The van der Waals surface area contributed by atoms with Gasteiger partial charge >= 0.3 is 0 Å². The molecule has 1 aromatic heterocycles. The van der Waals surface area contributed by atoms with E-state index in [1.54, 1.807) is 7.11 Å². The minimum absolute atomic E-state index is 0.165. The Labute approximate surface area is 156 Å². The molecule has 1 atom stereocenters. The SMILES string of the molecule is CCN1CCC(CC(=O)N2CCCC(c3nc(CCOC)no3)C2)CC1. The third kappa shape index (κ3) is 5.04. The van der Waals surface area contributed by atoms with Crippen LogP contribution in [0, 0.1) is 5.92 Å². The highest BCUT2D eigenvalue weighted by atomic mass is 16.5. The van der Waals surface area contributed by atoms with E-state index in [4.69, 9.17) is 9.26 Å². The molecule has 2 aliphatic rings. The van der Waals surface area contributed by atoms with Crippen molar-refractivity contribution >= 4 is 5.91 Å². The van der Waals surface area contributed by atoms with Crippen LogP contribution in [0.3, 0.4) is 0 Å². The van der Waals surface area contributed by atoms with E-state index in [-0.39, 0.29) is 5.92 Å². The molecule has 7 heteroatoms. The van der Waals surface area contributed by atoms with Gasteiger partial charge in [-0.3, -0.25) is 4.79 Å². The van der Waals surface area contributed by atoms with Crippen LogP contribution in [0.4, 0.5) is 0 Å². The van der Waals surface area contributed by atoms with Crippen LogP contribution in [-0.2, 0) is 16.0 Å². The molecule has 0 N–H and O–H groups in total. The van der Waals surface area contributed by atoms with Gasteiger partial charge in [0, 0.05) is 33.0 Å². The Balaban J connectivity index is 1.49. The Morgan fingerprint density at radius 3 is 2.81 bits per heavy atom. The number of amides is 1. The monoisotopic (exact) mass is 364 g/mol. The van der Waals surface area contributed by atoms with Gasteiger partial charge in [-0.05, 0) is 51.2 Å². The number of piperidine rings is 2.